The van der Waals surface area contributed by atoms with Crippen LogP contribution in [-0.2, 0) is 4.79 Å². The molecule has 0 spiro atoms. The van der Waals surface area contributed by atoms with Gasteiger partial charge in [0.2, 0.25) is 0 Å². The molecule has 0 amide bonds. The lowest BCUT2D eigenvalue weighted by Gasteiger charge is -2.26. The summed E-state index contributed by atoms with van der Waals surface area (Å²) in [5.74, 6) is 0.220. The lowest BCUT2D eigenvalue weighted by Crippen LogP contribution is -2.32. The van der Waals surface area contributed by atoms with Crippen molar-refractivity contribution < 1.29 is 9.90 Å². The molecule has 0 radical (unpaired) electrons. The lowest BCUT2D eigenvalue weighted by molar-refractivity contribution is -0.137. The van der Waals surface area contributed by atoms with E-state index in [-0.39, 0.29) is 17.2 Å². The fourth-order valence-corrected chi connectivity index (χ4v) is 2.49. The van der Waals surface area contributed by atoms with Crippen LogP contribution < -0.4 is 5.73 Å². The van der Waals surface area contributed by atoms with Crippen molar-refractivity contribution in [1.29, 1.82) is 0 Å². The number of rotatable bonds is 6. The fraction of sp³-hybridized carbons (Fsp3) is 0.889. The number of hydrogen-bond acceptors (Lipinski definition) is 3. The van der Waals surface area contributed by atoms with Gasteiger partial charge in [-0.15, -0.1) is 0 Å². The summed E-state index contributed by atoms with van der Waals surface area (Å²) in [5, 5.41) is 8.52. The van der Waals surface area contributed by atoms with Crippen LogP contribution in [-0.4, -0.2) is 27.6 Å². The van der Waals surface area contributed by atoms with E-state index in [4.69, 9.17) is 10.8 Å². The summed E-state index contributed by atoms with van der Waals surface area (Å²) in [6.07, 6.45) is 0.811. The zero-order valence-electron chi connectivity index (χ0n) is 8.54. The highest BCUT2D eigenvalue weighted by Crippen LogP contribution is 2.29. The van der Waals surface area contributed by atoms with Crippen molar-refractivity contribution in [1.82, 2.24) is 0 Å². The van der Waals surface area contributed by atoms with E-state index in [1.54, 1.807) is 0 Å². The number of hydrogen-bond donors (Lipinski definition) is 2. The Balaban J connectivity index is 3.88. The Hall–Kier alpha value is -0.220. The van der Waals surface area contributed by atoms with Crippen molar-refractivity contribution in [2.24, 2.45) is 5.73 Å². The number of aliphatic carboxylic acids is 1. The SMILES string of the molecule is CCSC(C)(C)C[C@@H](N)CC(=O)O. The Morgan fingerprint density at radius 2 is 2.15 bits per heavy atom. The summed E-state index contributed by atoms with van der Waals surface area (Å²) < 4.78 is 0.0869. The molecule has 0 aromatic carbocycles. The van der Waals surface area contributed by atoms with Crippen molar-refractivity contribution in [3.63, 3.8) is 0 Å². The predicted molar refractivity (Wildman–Crippen MR) is 57.1 cm³/mol. The molecule has 0 saturated carbocycles. The molecule has 0 aliphatic carbocycles. The van der Waals surface area contributed by atoms with Gasteiger partial charge in [0.25, 0.3) is 0 Å². The van der Waals surface area contributed by atoms with Crippen LogP contribution in [0.2, 0.25) is 0 Å². The average Bonchev–Trinajstić information content (AvgIpc) is 1.81. The Kier molecular flexibility index (Phi) is 5.40. The van der Waals surface area contributed by atoms with Gasteiger partial charge in [-0.3, -0.25) is 4.79 Å². The van der Waals surface area contributed by atoms with Gasteiger partial charge in [-0.25, -0.2) is 0 Å². The molecule has 0 aromatic heterocycles. The Bertz CT molecular complexity index is 171. The quantitative estimate of drug-likeness (QED) is 0.693. The minimum absolute atomic E-state index is 0.0632. The molecule has 0 aromatic rings. The third kappa shape index (κ3) is 6.90. The van der Waals surface area contributed by atoms with Crippen LogP contribution in [0.25, 0.3) is 0 Å². The zero-order valence-corrected chi connectivity index (χ0v) is 9.36. The maximum Gasteiger partial charge on any atom is 0.304 e. The minimum Gasteiger partial charge on any atom is -0.481 e. The van der Waals surface area contributed by atoms with Crippen molar-refractivity contribution in [2.75, 3.05) is 5.75 Å². The fourth-order valence-electron chi connectivity index (χ4n) is 1.38. The molecule has 3 N–H and O–H groups in total. The smallest absolute Gasteiger partial charge is 0.304 e. The van der Waals surface area contributed by atoms with E-state index in [0.29, 0.717) is 0 Å². The van der Waals surface area contributed by atoms with Gasteiger partial charge in [0, 0.05) is 10.8 Å². The molecule has 0 fully saturated rings. The highest BCUT2D eigenvalue weighted by Gasteiger charge is 2.22. The third-order valence-electron chi connectivity index (χ3n) is 1.73. The standard InChI is InChI=1S/C9H19NO2S/c1-4-13-9(2,3)6-7(10)5-8(11)12/h7H,4-6,10H2,1-3H3,(H,11,12)/t7-/m0/s1. The summed E-state index contributed by atoms with van der Waals surface area (Å²) in [4.78, 5) is 10.4. The molecular formula is C9H19NO2S. The molecule has 4 heteroatoms. The molecular weight excluding hydrogens is 186 g/mol. The topological polar surface area (TPSA) is 63.3 Å². The Morgan fingerprint density at radius 3 is 2.54 bits per heavy atom. The number of thioether (sulfide) groups is 1. The van der Waals surface area contributed by atoms with E-state index in [9.17, 15) is 4.79 Å². The van der Waals surface area contributed by atoms with Crippen LogP contribution in [0.1, 0.15) is 33.6 Å². The van der Waals surface area contributed by atoms with Crippen molar-refractivity contribution in [3.05, 3.63) is 0 Å². The number of carboxylic acids is 1. The lowest BCUT2D eigenvalue weighted by atomic mass is 10.0. The third-order valence-corrected chi connectivity index (χ3v) is 2.96. The molecule has 0 saturated heterocycles. The number of carbonyl (C=O) groups is 1. The van der Waals surface area contributed by atoms with Crippen molar-refractivity contribution in [2.45, 2.75) is 44.4 Å². The van der Waals surface area contributed by atoms with Crippen LogP contribution in [0.4, 0.5) is 0 Å². The van der Waals surface area contributed by atoms with E-state index >= 15 is 0 Å². The summed E-state index contributed by atoms with van der Waals surface area (Å²) in [5.41, 5.74) is 5.70. The zero-order chi connectivity index (χ0) is 10.5. The molecule has 0 rings (SSSR count). The Labute approximate surface area is 84.1 Å². The summed E-state index contributed by atoms with van der Waals surface area (Å²) in [6.45, 7) is 6.29. The van der Waals surface area contributed by atoms with E-state index in [1.165, 1.54) is 0 Å². The second kappa shape index (κ2) is 5.50. The monoisotopic (exact) mass is 205 g/mol. The van der Waals surface area contributed by atoms with Crippen LogP contribution in [0.15, 0.2) is 0 Å². The van der Waals surface area contributed by atoms with Gasteiger partial charge in [0.05, 0.1) is 6.42 Å². The second-order valence-electron chi connectivity index (χ2n) is 3.75. The summed E-state index contributed by atoms with van der Waals surface area (Å²) >= 11 is 1.82. The van der Waals surface area contributed by atoms with E-state index in [2.05, 4.69) is 20.8 Å². The van der Waals surface area contributed by atoms with Gasteiger partial charge >= 0.3 is 5.97 Å². The highest BCUT2D eigenvalue weighted by molar-refractivity contribution is 8.00. The maximum absolute atomic E-state index is 10.4. The number of carboxylic acid groups (broad SMARTS) is 1. The molecule has 13 heavy (non-hydrogen) atoms. The van der Waals surface area contributed by atoms with Crippen molar-refractivity contribution >= 4 is 17.7 Å². The predicted octanol–water partition coefficient (Wildman–Crippen LogP) is 1.71. The summed E-state index contributed by atoms with van der Waals surface area (Å²) in [6, 6.07) is -0.230. The van der Waals surface area contributed by atoms with Gasteiger partial charge in [-0.2, -0.15) is 11.8 Å². The van der Waals surface area contributed by atoms with Gasteiger partial charge < -0.3 is 10.8 Å². The van der Waals surface area contributed by atoms with Crippen LogP contribution in [0.5, 0.6) is 0 Å². The van der Waals surface area contributed by atoms with Gasteiger partial charge in [-0.05, 0) is 12.2 Å². The molecule has 0 unspecified atom stereocenters. The van der Waals surface area contributed by atoms with Gasteiger partial charge in [0.1, 0.15) is 0 Å². The van der Waals surface area contributed by atoms with E-state index in [1.807, 2.05) is 11.8 Å². The first-order valence-corrected chi connectivity index (χ1v) is 5.47. The normalized spacial score (nSPS) is 14.2. The molecule has 3 nitrogen and oxygen atoms in total. The van der Waals surface area contributed by atoms with E-state index < -0.39 is 5.97 Å². The Morgan fingerprint density at radius 1 is 1.62 bits per heavy atom. The van der Waals surface area contributed by atoms with Gasteiger partial charge in [-0.1, -0.05) is 20.8 Å². The highest BCUT2D eigenvalue weighted by atomic mass is 32.2. The molecule has 0 aliphatic rings. The maximum atomic E-state index is 10.4. The average molecular weight is 205 g/mol. The first-order chi connectivity index (χ1) is 5.87. The number of nitrogens with two attached hydrogens (primary N) is 1. The van der Waals surface area contributed by atoms with Crippen LogP contribution in [0.3, 0.4) is 0 Å². The van der Waals surface area contributed by atoms with Crippen LogP contribution in [0, 0.1) is 0 Å². The van der Waals surface area contributed by atoms with E-state index in [0.717, 1.165) is 12.2 Å². The van der Waals surface area contributed by atoms with Crippen LogP contribution >= 0.6 is 11.8 Å². The first-order valence-electron chi connectivity index (χ1n) is 4.48. The van der Waals surface area contributed by atoms with Crippen molar-refractivity contribution in [3.8, 4) is 0 Å². The molecule has 0 heterocycles. The minimum atomic E-state index is -0.815. The molecule has 78 valence electrons. The molecule has 0 bridgehead atoms. The first kappa shape index (κ1) is 12.8. The summed E-state index contributed by atoms with van der Waals surface area (Å²) in [7, 11) is 0. The largest absolute Gasteiger partial charge is 0.481 e. The van der Waals surface area contributed by atoms with Gasteiger partial charge in [0.15, 0.2) is 0 Å². The molecule has 0 aliphatic heterocycles. The molecule has 1 atom stereocenters. The second-order valence-corrected chi connectivity index (χ2v) is 5.73.